The summed E-state index contributed by atoms with van der Waals surface area (Å²) in [6.45, 7) is 0.717. The van der Waals surface area contributed by atoms with Crippen LogP contribution < -0.4 is 0 Å². The van der Waals surface area contributed by atoms with Crippen molar-refractivity contribution in [3.8, 4) is 6.07 Å². The summed E-state index contributed by atoms with van der Waals surface area (Å²) in [5.74, 6) is -1.31. The minimum Gasteiger partial charge on any atom is -0.341 e. The zero-order valence-electron chi connectivity index (χ0n) is 9.55. The monoisotopic (exact) mass is 235 g/mol. The fourth-order valence-electron chi connectivity index (χ4n) is 2.51. The first-order valence-electron chi connectivity index (χ1n) is 5.52. The molecule has 0 bridgehead atoms. The maximum absolute atomic E-state index is 11.8. The smallest absolute Gasteiger partial charge is 0.236 e. The molecule has 0 unspecified atom stereocenters. The fourth-order valence-corrected chi connectivity index (χ4v) is 2.51. The molecule has 0 aliphatic carbocycles. The lowest BCUT2D eigenvalue weighted by Gasteiger charge is -2.31. The third-order valence-electron chi connectivity index (χ3n) is 3.49. The summed E-state index contributed by atoms with van der Waals surface area (Å²) in [6.07, 6.45) is 0.339. The topological polar surface area (TPSA) is 81.5 Å². The molecular weight excluding hydrogens is 222 g/mol. The van der Waals surface area contributed by atoms with Crippen LogP contribution in [-0.4, -0.2) is 47.7 Å². The Morgan fingerprint density at radius 2 is 2.06 bits per heavy atom. The van der Waals surface area contributed by atoms with E-state index in [9.17, 15) is 14.4 Å². The van der Waals surface area contributed by atoms with Crippen molar-refractivity contribution >= 4 is 17.7 Å². The maximum Gasteiger partial charge on any atom is 0.236 e. The number of fused-ring (bicyclic) bond motifs is 1. The highest BCUT2D eigenvalue weighted by Crippen LogP contribution is 2.32. The van der Waals surface area contributed by atoms with Crippen molar-refractivity contribution in [1.29, 1.82) is 5.26 Å². The number of nitriles is 1. The van der Waals surface area contributed by atoms with E-state index in [0.29, 0.717) is 13.0 Å². The molecule has 2 fully saturated rings. The van der Waals surface area contributed by atoms with E-state index < -0.39 is 5.92 Å². The second-order valence-corrected chi connectivity index (χ2v) is 4.41. The molecule has 2 rings (SSSR count). The third-order valence-corrected chi connectivity index (χ3v) is 3.49. The number of imide groups is 1. The number of hydrogen-bond donors (Lipinski definition) is 0. The minimum atomic E-state index is -0.413. The number of rotatable bonds is 1. The van der Waals surface area contributed by atoms with Crippen molar-refractivity contribution in [3.63, 3.8) is 0 Å². The average molecular weight is 235 g/mol. The molecule has 17 heavy (non-hydrogen) atoms. The van der Waals surface area contributed by atoms with Gasteiger partial charge in [-0.3, -0.25) is 19.3 Å². The lowest BCUT2D eigenvalue weighted by Crippen LogP contribution is -2.44. The Labute approximate surface area is 98.8 Å². The van der Waals surface area contributed by atoms with E-state index in [1.54, 1.807) is 6.07 Å². The van der Waals surface area contributed by atoms with Gasteiger partial charge < -0.3 is 4.90 Å². The van der Waals surface area contributed by atoms with Crippen LogP contribution in [-0.2, 0) is 14.4 Å². The molecule has 2 heterocycles. The summed E-state index contributed by atoms with van der Waals surface area (Å²) < 4.78 is 0. The van der Waals surface area contributed by atoms with Gasteiger partial charge in [0, 0.05) is 20.1 Å². The van der Waals surface area contributed by atoms with Crippen LogP contribution in [0.4, 0.5) is 0 Å². The molecule has 0 radical (unpaired) electrons. The molecule has 0 saturated carbocycles. The Hall–Kier alpha value is -1.90. The minimum absolute atomic E-state index is 0.146. The van der Waals surface area contributed by atoms with Crippen LogP contribution in [0.3, 0.4) is 0 Å². The van der Waals surface area contributed by atoms with Crippen molar-refractivity contribution in [3.05, 3.63) is 0 Å². The van der Waals surface area contributed by atoms with Crippen LogP contribution in [0.5, 0.6) is 0 Å². The molecular formula is C11H13N3O3. The maximum atomic E-state index is 11.8. The molecule has 3 amide bonds. The van der Waals surface area contributed by atoms with Gasteiger partial charge in [0.2, 0.25) is 17.7 Å². The largest absolute Gasteiger partial charge is 0.341 e. The van der Waals surface area contributed by atoms with E-state index in [2.05, 4.69) is 0 Å². The highest BCUT2D eigenvalue weighted by atomic mass is 16.2. The summed E-state index contributed by atoms with van der Waals surface area (Å²) in [5, 5.41) is 8.46. The Kier molecular flexibility index (Phi) is 2.84. The molecule has 2 saturated heterocycles. The first-order chi connectivity index (χ1) is 8.06. The van der Waals surface area contributed by atoms with Gasteiger partial charge in [0.25, 0.3) is 0 Å². The molecule has 0 aromatic heterocycles. The van der Waals surface area contributed by atoms with Crippen LogP contribution in [0.2, 0.25) is 0 Å². The molecule has 2 aliphatic rings. The molecule has 2 atom stereocenters. The van der Waals surface area contributed by atoms with Gasteiger partial charge in [-0.2, -0.15) is 5.26 Å². The molecule has 0 N–H and O–H groups in total. The molecule has 6 nitrogen and oxygen atoms in total. The van der Waals surface area contributed by atoms with Crippen LogP contribution in [0.25, 0.3) is 0 Å². The van der Waals surface area contributed by atoms with Gasteiger partial charge in [-0.05, 0) is 6.42 Å². The molecule has 0 aromatic carbocycles. The van der Waals surface area contributed by atoms with Gasteiger partial charge in [0.05, 0.1) is 17.9 Å². The van der Waals surface area contributed by atoms with Gasteiger partial charge >= 0.3 is 0 Å². The fraction of sp³-hybridized carbons (Fsp3) is 0.636. The predicted octanol–water partition coefficient (Wildman–Crippen LogP) is -0.637. The van der Waals surface area contributed by atoms with Crippen LogP contribution in [0, 0.1) is 23.2 Å². The first kappa shape index (κ1) is 11.6. The lowest BCUT2D eigenvalue weighted by molar-refractivity contribution is -0.138. The predicted molar refractivity (Wildman–Crippen MR) is 56.2 cm³/mol. The van der Waals surface area contributed by atoms with Crippen molar-refractivity contribution in [2.24, 2.45) is 11.8 Å². The SMILES string of the molecule is CN1C(=O)[C@@H]2CCN(C(=O)CC#N)C[C@H]2C1=O. The zero-order valence-corrected chi connectivity index (χ0v) is 9.55. The average Bonchev–Trinajstić information content (AvgIpc) is 2.55. The number of nitrogens with zero attached hydrogens (tertiary/aromatic N) is 3. The number of likely N-dealkylation sites (tertiary alicyclic amines) is 2. The third kappa shape index (κ3) is 1.78. The van der Waals surface area contributed by atoms with Gasteiger partial charge in [0.15, 0.2) is 0 Å². The number of amides is 3. The second-order valence-electron chi connectivity index (χ2n) is 4.41. The lowest BCUT2D eigenvalue weighted by atomic mass is 9.87. The second kappa shape index (κ2) is 4.17. The normalized spacial score (nSPS) is 28.0. The van der Waals surface area contributed by atoms with Crippen LogP contribution >= 0.6 is 0 Å². The summed E-state index contributed by atoms with van der Waals surface area (Å²) in [7, 11) is 1.48. The van der Waals surface area contributed by atoms with Crippen LogP contribution in [0.1, 0.15) is 12.8 Å². The standard InChI is InChI=1S/C11H13N3O3/c1-13-10(16)7-3-5-14(9(15)2-4-12)6-8(7)11(13)17/h7-8H,2-3,5-6H2,1H3/t7-,8-/m1/s1. The van der Waals surface area contributed by atoms with E-state index in [4.69, 9.17) is 5.26 Å². The van der Waals surface area contributed by atoms with Crippen molar-refractivity contribution in [2.75, 3.05) is 20.1 Å². The highest BCUT2D eigenvalue weighted by molar-refractivity contribution is 6.05. The Morgan fingerprint density at radius 3 is 2.71 bits per heavy atom. The van der Waals surface area contributed by atoms with Gasteiger partial charge in [-0.1, -0.05) is 0 Å². The quantitative estimate of drug-likeness (QED) is 0.566. The molecule has 2 aliphatic heterocycles. The summed E-state index contributed by atoms with van der Waals surface area (Å²) >= 11 is 0. The molecule has 0 aromatic rings. The number of carbonyl (C=O) groups is 3. The zero-order chi connectivity index (χ0) is 12.6. The molecule has 0 spiro atoms. The summed E-state index contributed by atoms with van der Waals surface area (Å²) in [5.41, 5.74) is 0. The Balaban J connectivity index is 2.10. The van der Waals surface area contributed by atoms with Crippen molar-refractivity contribution in [1.82, 2.24) is 9.80 Å². The van der Waals surface area contributed by atoms with Crippen LogP contribution in [0.15, 0.2) is 0 Å². The molecule has 6 heteroatoms. The van der Waals surface area contributed by atoms with E-state index in [1.165, 1.54) is 11.9 Å². The van der Waals surface area contributed by atoms with E-state index >= 15 is 0 Å². The van der Waals surface area contributed by atoms with Gasteiger partial charge in [-0.15, -0.1) is 0 Å². The van der Waals surface area contributed by atoms with E-state index in [-0.39, 0.29) is 36.6 Å². The van der Waals surface area contributed by atoms with Crippen molar-refractivity contribution in [2.45, 2.75) is 12.8 Å². The van der Waals surface area contributed by atoms with Crippen molar-refractivity contribution < 1.29 is 14.4 Å². The van der Waals surface area contributed by atoms with E-state index in [0.717, 1.165) is 4.90 Å². The van der Waals surface area contributed by atoms with Gasteiger partial charge in [-0.25, -0.2) is 0 Å². The first-order valence-corrected chi connectivity index (χ1v) is 5.52. The van der Waals surface area contributed by atoms with Gasteiger partial charge in [0.1, 0.15) is 6.42 Å². The van der Waals surface area contributed by atoms with E-state index in [1.807, 2.05) is 0 Å². The Morgan fingerprint density at radius 1 is 1.41 bits per heavy atom. The highest BCUT2D eigenvalue weighted by Gasteiger charge is 2.48. The summed E-state index contributed by atoms with van der Waals surface area (Å²) in [6, 6.07) is 1.80. The number of carbonyl (C=O) groups excluding carboxylic acids is 3. The number of hydrogen-bond acceptors (Lipinski definition) is 4. The molecule has 90 valence electrons. The number of piperidine rings is 1. The summed E-state index contributed by atoms with van der Waals surface area (Å²) in [4.78, 5) is 37.7. The Bertz CT molecular complexity index is 426.